The number of benzene rings is 1. The number of aryl methyl sites for hydroxylation is 1. The van der Waals surface area contributed by atoms with Crippen LogP contribution in [0.25, 0.3) is 0 Å². The minimum Gasteiger partial charge on any atom is -0.357 e. The average molecular weight is 345 g/mol. The van der Waals surface area contributed by atoms with E-state index < -0.39 is 0 Å². The molecule has 0 aliphatic rings. The van der Waals surface area contributed by atoms with Gasteiger partial charge in [-0.3, -0.25) is 0 Å². The lowest BCUT2D eigenvalue weighted by molar-refractivity contribution is 0.302. The van der Waals surface area contributed by atoms with Crippen molar-refractivity contribution in [1.29, 1.82) is 0 Å². The number of guanidine groups is 1. The van der Waals surface area contributed by atoms with Gasteiger partial charge in [-0.1, -0.05) is 30.3 Å². The minimum atomic E-state index is 0.340. The molecule has 1 aromatic heterocycles. The van der Waals surface area contributed by atoms with Crippen molar-refractivity contribution in [3.63, 3.8) is 0 Å². The first-order chi connectivity index (χ1) is 11.6. The first-order valence-corrected chi connectivity index (χ1v) is 9.26. The first-order valence-electron chi connectivity index (χ1n) is 8.38. The molecule has 1 aromatic carbocycles. The molecule has 0 saturated carbocycles. The molecule has 2 N–H and O–H groups in total. The third-order valence-corrected chi connectivity index (χ3v) is 4.94. The topological polar surface area (TPSA) is 39.7 Å². The van der Waals surface area contributed by atoms with Crippen LogP contribution < -0.4 is 10.6 Å². The summed E-state index contributed by atoms with van der Waals surface area (Å²) < 4.78 is 0. The van der Waals surface area contributed by atoms with Gasteiger partial charge >= 0.3 is 0 Å². The average Bonchev–Trinajstić information content (AvgIpc) is 3.08. The van der Waals surface area contributed by atoms with Gasteiger partial charge in [0, 0.05) is 18.0 Å². The van der Waals surface area contributed by atoms with Crippen molar-refractivity contribution in [3.8, 4) is 0 Å². The number of hydrogen-bond donors (Lipinski definition) is 2. The van der Waals surface area contributed by atoms with E-state index in [-0.39, 0.29) is 0 Å². The molecule has 130 valence electrons. The molecule has 0 fully saturated rings. The Balaban J connectivity index is 2.02. The van der Waals surface area contributed by atoms with Crippen LogP contribution in [-0.4, -0.2) is 38.0 Å². The molecular weight excluding hydrogens is 316 g/mol. The van der Waals surface area contributed by atoms with Gasteiger partial charge in [0.1, 0.15) is 0 Å². The molecule has 0 spiro atoms. The van der Waals surface area contributed by atoms with E-state index in [0.717, 1.165) is 19.0 Å². The van der Waals surface area contributed by atoms with Crippen LogP contribution in [0.5, 0.6) is 0 Å². The van der Waals surface area contributed by atoms with E-state index in [2.05, 4.69) is 85.3 Å². The highest BCUT2D eigenvalue weighted by molar-refractivity contribution is 7.10. The normalized spacial score (nSPS) is 13.1. The van der Waals surface area contributed by atoms with Crippen molar-refractivity contribution >= 4 is 17.3 Å². The van der Waals surface area contributed by atoms with Crippen LogP contribution in [0, 0.1) is 6.92 Å². The second-order valence-electron chi connectivity index (χ2n) is 6.00. The summed E-state index contributed by atoms with van der Waals surface area (Å²) in [6.07, 6.45) is 0. The summed E-state index contributed by atoms with van der Waals surface area (Å²) in [4.78, 5) is 8.34. The Hall–Kier alpha value is -1.85. The fourth-order valence-electron chi connectivity index (χ4n) is 2.51. The van der Waals surface area contributed by atoms with Gasteiger partial charge in [0.25, 0.3) is 0 Å². The number of nitrogens with one attached hydrogen (secondary N) is 2. The van der Waals surface area contributed by atoms with Crippen molar-refractivity contribution in [2.24, 2.45) is 4.99 Å². The van der Waals surface area contributed by atoms with Crippen LogP contribution in [-0.2, 0) is 6.54 Å². The number of nitrogens with zero attached hydrogens (tertiary/aromatic N) is 2. The van der Waals surface area contributed by atoms with Gasteiger partial charge in [-0.2, -0.15) is 0 Å². The number of likely N-dealkylation sites (N-methyl/N-ethyl adjacent to an activating group) is 1. The van der Waals surface area contributed by atoms with Gasteiger partial charge in [-0.15, -0.1) is 11.3 Å². The highest BCUT2D eigenvalue weighted by Gasteiger charge is 2.15. The third kappa shape index (κ3) is 5.35. The molecule has 1 heterocycles. The van der Waals surface area contributed by atoms with Gasteiger partial charge in [-0.05, 0) is 50.5 Å². The molecule has 4 nitrogen and oxygen atoms in total. The fraction of sp³-hybridized carbons (Fsp3) is 0.421. The minimum absolute atomic E-state index is 0.340. The molecule has 2 aromatic rings. The lowest BCUT2D eigenvalue weighted by Gasteiger charge is -2.24. The maximum atomic E-state index is 4.74. The van der Waals surface area contributed by atoms with E-state index in [9.17, 15) is 0 Å². The lowest BCUT2D eigenvalue weighted by atomic mass is 10.1. The van der Waals surface area contributed by atoms with E-state index in [1.807, 2.05) is 0 Å². The molecular formula is C19H28N4S. The predicted octanol–water partition coefficient (Wildman–Crippen LogP) is 3.41. The molecule has 0 aliphatic heterocycles. The zero-order chi connectivity index (χ0) is 17.4. The Bertz CT molecular complexity index is 635. The number of hydrogen-bond acceptors (Lipinski definition) is 3. The van der Waals surface area contributed by atoms with Crippen molar-refractivity contribution in [1.82, 2.24) is 15.5 Å². The van der Waals surface area contributed by atoms with Gasteiger partial charge in [0.15, 0.2) is 5.96 Å². The Morgan fingerprint density at radius 3 is 2.58 bits per heavy atom. The van der Waals surface area contributed by atoms with Crippen LogP contribution in [0.2, 0.25) is 0 Å². The fourth-order valence-corrected chi connectivity index (χ4v) is 3.43. The van der Waals surface area contributed by atoms with Crippen LogP contribution in [0.1, 0.15) is 29.0 Å². The summed E-state index contributed by atoms with van der Waals surface area (Å²) in [6, 6.07) is 13.0. The lowest BCUT2D eigenvalue weighted by Crippen LogP contribution is -2.41. The molecule has 0 saturated heterocycles. The molecule has 1 unspecified atom stereocenters. The number of rotatable bonds is 7. The van der Waals surface area contributed by atoms with E-state index in [0.29, 0.717) is 12.6 Å². The zero-order valence-electron chi connectivity index (χ0n) is 15.0. The Labute approximate surface area is 149 Å². The molecule has 1 atom stereocenters. The maximum Gasteiger partial charge on any atom is 0.191 e. The van der Waals surface area contributed by atoms with Gasteiger partial charge in [-0.25, -0.2) is 4.99 Å². The van der Waals surface area contributed by atoms with Crippen LogP contribution in [0.3, 0.4) is 0 Å². The van der Waals surface area contributed by atoms with E-state index in [1.165, 1.54) is 16.0 Å². The number of aliphatic imine (C=N–C) groups is 1. The van der Waals surface area contributed by atoms with E-state index >= 15 is 0 Å². The van der Waals surface area contributed by atoms with Crippen LogP contribution in [0.15, 0.2) is 46.8 Å². The van der Waals surface area contributed by atoms with Crippen molar-refractivity contribution in [3.05, 3.63) is 57.8 Å². The molecule has 24 heavy (non-hydrogen) atoms. The summed E-state index contributed by atoms with van der Waals surface area (Å²) in [6.45, 7) is 6.59. The second-order valence-corrected chi connectivity index (χ2v) is 6.98. The van der Waals surface area contributed by atoms with Gasteiger partial charge in [0.05, 0.1) is 12.6 Å². The molecule has 0 radical (unpaired) electrons. The van der Waals surface area contributed by atoms with Crippen molar-refractivity contribution in [2.45, 2.75) is 26.4 Å². The molecule has 0 bridgehead atoms. The monoisotopic (exact) mass is 344 g/mol. The van der Waals surface area contributed by atoms with Gasteiger partial charge < -0.3 is 15.5 Å². The highest BCUT2D eigenvalue weighted by atomic mass is 32.1. The largest absolute Gasteiger partial charge is 0.357 e. The standard InChI is InChI=1S/C19H28N4S/c1-5-20-19(21-13-16-10-7-6-9-15(16)2)22-14-17(23(3)4)18-11-8-12-24-18/h6-12,17H,5,13-14H2,1-4H3,(H2,20,21,22). The molecule has 0 aliphatic carbocycles. The Kier molecular flexibility index (Phi) is 7.28. The molecule has 2 rings (SSSR count). The summed E-state index contributed by atoms with van der Waals surface area (Å²) in [5.74, 6) is 0.865. The van der Waals surface area contributed by atoms with E-state index in [4.69, 9.17) is 4.99 Å². The SMILES string of the molecule is CCNC(=NCc1ccccc1C)NCC(c1cccs1)N(C)C. The maximum absolute atomic E-state index is 4.74. The Morgan fingerprint density at radius 1 is 1.17 bits per heavy atom. The third-order valence-electron chi connectivity index (χ3n) is 3.97. The first kappa shape index (κ1) is 18.5. The highest BCUT2D eigenvalue weighted by Crippen LogP contribution is 2.22. The van der Waals surface area contributed by atoms with E-state index in [1.54, 1.807) is 11.3 Å². The predicted molar refractivity (Wildman–Crippen MR) is 105 cm³/mol. The summed E-state index contributed by atoms with van der Waals surface area (Å²) in [7, 11) is 4.23. The summed E-state index contributed by atoms with van der Waals surface area (Å²) >= 11 is 1.79. The summed E-state index contributed by atoms with van der Waals surface area (Å²) in [5.41, 5.74) is 2.54. The Morgan fingerprint density at radius 2 is 1.96 bits per heavy atom. The zero-order valence-corrected chi connectivity index (χ0v) is 15.9. The second kappa shape index (κ2) is 9.45. The molecule has 0 amide bonds. The van der Waals surface area contributed by atoms with Crippen LogP contribution >= 0.6 is 11.3 Å². The van der Waals surface area contributed by atoms with Crippen molar-refractivity contribution < 1.29 is 0 Å². The smallest absolute Gasteiger partial charge is 0.191 e. The van der Waals surface area contributed by atoms with Crippen LogP contribution in [0.4, 0.5) is 0 Å². The van der Waals surface area contributed by atoms with Gasteiger partial charge in [0.2, 0.25) is 0 Å². The van der Waals surface area contributed by atoms with Crippen molar-refractivity contribution in [2.75, 3.05) is 27.2 Å². The summed E-state index contributed by atoms with van der Waals surface area (Å²) in [5, 5.41) is 8.95. The quantitative estimate of drug-likeness (QED) is 0.597. The molecule has 5 heteroatoms. The number of thiophene rings is 1.